The lowest BCUT2D eigenvalue weighted by atomic mass is 10.1. The fourth-order valence-electron chi connectivity index (χ4n) is 1.97. The summed E-state index contributed by atoms with van der Waals surface area (Å²) >= 11 is 0. The van der Waals surface area contributed by atoms with Crippen molar-refractivity contribution in [3.63, 3.8) is 0 Å². The zero-order valence-electron chi connectivity index (χ0n) is 11.0. The van der Waals surface area contributed by atoms with E-state index >= 15 is 0 Å². The van der Waals surface area contributed by atoms with Crippen LogP contribution in [0.2, 0.25) is 0 Å². The second kappa shape index (κ2) is 9.64. The molecule has 0 aliphatic carbocycles. The monoisotopic (exact) mass is 229 g/mol. The summed E-state index contributed by atoms with van der Waals surface area (Å²) < 4.78 is 0. The first-order valence-corrected chi connectivity index (χ1v) is 6.56. The largest absolute Gasteiger partial charge is 0.480 e. The third-order valence-corrected chi connectivity index (χ3v) is 3.07. The molecular formula is C13H27NO2. The number of carboxylic acid groups (broad SMARTS) is 1. The molecule has 0 saturated heterocycles. The Balaban J connectivity index is 3.55. The van der Waals surface area contributed by atoms with Crippen molar-refractivity contribution in [3.05, 3.63) is 0 Å². The normalized spacial score (nSPS) is 13.0. The van der Waals surface area contributed by atoms with E-state index in [1.54, 1.807) is 0 Å². The summed E-state index contributed by atoms with van der Waals surface area (Å²) in [5.74, 6) is -0.698. The number of likely N-dealkylation sites (N-methyl/N-ethyl adjacent to an activating group) is 1. The molecule has 0 aliphatic rings. The van der Waals surface area contributed by atoms with Gasteiger partial charge < -0.3 is 5.11 Å². The third-order valence-electron chi connectivity index (χ3n) is 3.07. The average molecular weight is 229 g/mol. The van der Waals surface area contributed by atoms with E-state index in [1.165, 1.54) is 32.1 Å². The van der Waals surface area contributed by atoms with Crippen molar-refractivity contribution in [1.82, 2.24) is 4.90 Å². The number of carboxylic acids is 1. The Kier molecular flexibility index (Phi) is 9.30. The summed E-state index contributed by atoms with van der Waals surface area (Å²) in [4.78, 5) is 12.9. The predicted octanol–water partition coefficient (Wildman–Crippen LogP) is 3.14. The first kappa shape index (κ1) is 15.4. The predicted molar refractivity (Wildman–Crippen MR) is 67.7 cm³/mol. The minimum atomic E-state index is -0.698. The molecule has 16 heavy (non-hydrogen) atoms. The molecule has 0 aromatic heterocycles. The molecule has 1 atom stereocenters. The maximum absolute atomic E-state index is 10.9. The number of carbonyl (C=O) groups is 1. The van der Waals surface area contributed by atoms with Gasteiger partial charge in [-0.1, -0.05) is 46.0 Å². The van der Waals surface area contributed by atoms with Crippen molar-refractivity contribution in [1.29, 1.82) is 0 Å². The van der Waals surface area contributed by atoms with Crippen molar-refractivity contribution in [2.45, 2.75) is 64.8 Å². The van der Waals surface area contributed by atoms with Crippen molar-refractivity contribution in [2.24, 2.45) is 0 Å². The highest BCUT2D eigenvalue weighted by Crippen LogP contribution is 2.08. The van der Waals surface area contributed by atoms with Crippen molar-refractivity contribution in [3.8, 4) is 0 Å². The van der Waals surface area contributed by atoms with E-state index in [0.717, 1.165) is 13.0 Å². The molecule has 1 unspecified atom stereocenters. The molecule has 0 aliphatic heterocycles. The van der Waals surface area contributed by atoms with Crippen LogP contribution in [-0.4, -0.2) is 35.6 Å². The van der Waals surface area contributed by atoms with Crippen LogP contribution in [0.4, 0.5) is 0 Å². The van der Waals surface area contributed by atoms with Crippen LogP contribution in [0.15, 0.2) is 0 Å². The van der Waals surface area contributed by atoms with Gasteiger partial charge in [0, 0.05) is 0 Å². The lowest BCUT2D eigenvalue weighted by molar-refractivity contribution is -0.142. The fourth-order valence-corrected chi connectivity index (χ4v) is 1.97. The van der Waals surface area contributed by atoms with Gasteiger partial charge >= 0.3 is 5.97 Å². The molecule has 0 aromatic carbocycles. The van der Waals surface area contributed by atoms with Crippen LogP contribution in [0.5, 0.6) is 0 Å². The minimum absolute atomic E-state index is 0.310. The third kappa shape index (κ3) is 6.83. The Bertz CT molecular complexity index is 183. The molecule has 1 N–H and O–H groups in total. The number of hydrogen-bond acceptors (Lipinski definition) is 2. The Morgan fingerprint density at radius 2 is 1.69 bits per heavy atom. The lowest BCUT2D eigenvalue weighted by Crippen LogP contribution is -2.38. The van der Waals surface area contributed by atoms with Gasteiger partial charge in [-0.15, -0.1) is 0 Å². The number of aliphatic carboxylic acids is 1. The maximum atomic E-state index is 10.9. The standard InChI is InChI=1S/C13H27NO2/c1-4-6-7-8-9-10-11-14(3)12(5-2)13(15)16/h12H,4-11H2,1-3H3,(H,15,16). The highest BCUT2D eigenvalue weighted by Gasteiger charge is 2.19. The second-order valence-electron chi connectivity index (χ2n) is 4.51. The topological polar surface area (TPSA) is 40.5 Å². The molecule has 0 saturated carbocycles. The molecule has 0 rings (SSSR count). The second-order valence-corrected chi connectivity index (χ2v) is 4.51. The maximum Gasteiger partial charge on any atom is 0.320 e. The summed E-state index contributed by atoms with van der Waals surface area (Å²) in [5.41, 5.74) is 0. The van der Waals surface area contributed by atoms with Crippen LogP contribution < -0.4 is 0 Å². The van der Waals surface area contributed by atoms with Crippen LogP contribution in [0.1, 0.15) is 58.8 Å². The molecule has 0 spiro atoms. The van der Waals surface area contributed by atoms with Crippen molar-refractivity contribution in [2.75, 3.05) is 13.6 Å². The van der Waals surface area contributed by atoms with Crippen molar-refractivity contribution < 1.29 is 9.90 Å². The highest BCUT2D eigenvalue weighted by molar-refractivity contribution is 5.73. The van der Waals surface area contributed by atoms with Gasteiger partial charge in [0.2, 0.25) is 0 Å². The molecule has 3 heteroatoms. The molecule has 0 bridgehead atoms. The molecular weight excluding hydrogens is 202 g/mol. The van der Waals surface area contributed by atoms with E-state index in [9.17, 15) is 4.79 Å². The molecule has 0 aromatic rings. The fraction of sp³-hybridized carbons (Fsp3) is 0.923. The van der Waals surface area contributed by atoms with E-state index in [0.29, 0.717) is 6.42 Å². The zero-order chi connectivity index (χ0) is 12.4. The number of hydrogen-bond donors (Lipinski definition) is 1. The molecule has 0 amide bonds. The van der Waals surface area contributed by atoms with Gasteiger partial charge in [-0.2, -0.15) is 0 Å². The van der Waals surface area contributed by atoms with Crippen LogP contribution in [0.25, 0.3) is 0 Å². The summed E-state index contributed by atoms with van der Waals surface area (Å²) in [5, 5.41) is 8.97. The van der Waals surface area contributed by atoms with Gasteiger partial charge in [-0.3, -0.25) is 9.69 Å². The SMILES string of the molecule is CCCCCCCCN(C)C(CC)C(=O)O. The van der Waals surface area contributed by atoms with Gasteiger partial charge in [-0.25, -0.2) is 0 Å². The molecule has 96 valence electrons. The molecule has 0 fully saturated rings. The summed E-state index contributed by atoms with van der Waals surface area (Å²) in [6, 6.07) is -0.310. The van der Waals surface area contributed by atoms with Gasteiger partial charge in [0.1, 0.15) is 6.04 Å². The van der Waals surface area contributed by atoms with Crippen LogP contribution in [0, 0.1) is 0 Å². The molecule has 0 heterocycles. The Hall–Kier alpha value is -0.570. The van der Waals surface area contributed by atoms with E-state index < -0.39 is 5.97 Å². The van der Waals surface area contributed by atoms with Crippen LogP contribution in [-0.2, 0) is 4.79 Å². The lowest BCUT2D eigenvalue weighted by Gasteiger charge is -2.23. The Morgan fingerprint density at radius 1 is 1.12 bits per heavy atom. The molecule has 3 nitrogen and oxygen atoms in total. The van der Waals surface area contributed by atoms with E-state index in [2.05, 4.69) is 6.92 Å². The van der Waals surface area contributed by atoms with E-state index in [-0.39, 0.29) is 6.04 Å². The molecule has 0 radical (unpaired) electrons. The van der Waals surface area contributed by atoms with Crippen molar-refractivity contribution >= 4 is 5.97 Å². The first-order valence-electron chi connectivity index (χ1n) is 6.56. The Morgan fingerprint density at radius 3 is 2.19 bits per heavy atom. The first-order chi connectivity index (χ1) is 7.63. The van der Waals surface area contributed by atoms with Gasteiger partial charge in [0.25, 0.3) is 0 Å². The number of rotatable bonds is 10. The van der Waals surface area contributed by atoms with Gasteiger partial charge in [0.15, 0.2) is 0 Å². The van der Waals surface area contributed by atoms with Gasteiger partial charge in [0.05, 0.1) is 0 Å². The number of nitrogens with zero attached hydrogens (tertiary/aromatic N) is 1. The smallest absolute Gasteiger partial charge is 0.320 e. The highest BCUT2D eigenvalue weighted by atomic mass is 16.4. The number of unbranched alkanes of at least 4 members (excludes halogenated alkanes) is 5. The average Bonchev–Trinajstić information content (AvgIpc) is 2.23. The quantitative estimate of drug-likeness (QED) is 0.585. The minimum Gasteiger partial charge on any atom is -0.480 e. The Labute approximate surface area is 99.8 Å². The van der Waals surface area contributed by atoms with E-state index in [4.69, 9.17) is 5.11 Å². The summed E-state index contributed by atoms with van der Waals surface area (Å²) in [6.45, 7) is 5.04. The zero-order valence-corrected chi connectivity index (χ0v) is 11.0. The summed E-state index contributed by atoms with van der Waals surface area (Å²) in [6.07, 6.45) is 8.22. The van der Waals surface area contributed by atoms with E-state index in [1.807, 2.05) is 18.9 Å². The van der Waals surface area contributed by atoms with Crippen LogP contribution in [0.3, 0.4) is 0 Å². The van der Waals surface area contributed by atoms with Crippen LogP contribution >= 0.6 is 0 Å². The summed E-state index contributed by atoms with van der Waals surface area (Å²) in [7, 11) is 1.91. The van der Waals surface area contributed by atoms with Gasteiger partial charge in [-0.05, 0) is 26.4 Å².